The molecule has 0 saturated heterocycles. The minimum absolute atomic E-state index is 0.0198. The highest BCUT2D eigenvalue weighted by Crippen LogP contribution is 2.08. The van der Waals surface area contributed by atoms with E-state index in [2.05, 4.69) is 5.32 Å². The average molecular weight is 322 g/mol. The van der Waals surface area contributed by atoms with Crippen molar-refractivity contribution in [2.75, 3.05) is 20.2 Å². The number of benzene rings is 1. The number of hydrogen-bond donors (Lipinski definition) is 3. The molecular weight excluding hydrogens is 296 g/mol. The van der Waals surface area contributed by atoms with Crippen LogP contribution in [0.1, 0.15) is 31.2 Å². The topological polar surface area (TPSA) is 89.9 Å². The number of carboxylic acid groups (broad SMARTS) is 1. The fourth-order valence-corrected chi connectivity index (χ4v) is 2.27. The Labute approximate surface area is 137 Å². The van der Waals surface area contributed by atoms with E-state index in [-0.39, 0.29) is 25.1 Å². The lowest BCUT2D eigenvalue weighted by atomic mass is 10.0. The highest BCUT2D eigenvalue weighted by Gasteiger charge is 2.17. The predicted octanol–water partition coefficient (Wildman–Crippen LogP) is 1.88. The molecule has 1 unspecified atom stereocenters. The lowest BCUT2D eigenvalue weighted by molar-refractivity contribution is -0.137. The minimum Gasteiger partial charge on any atom is -0.481 e. The lowest BCUT2D eigenvalue weighted by Gasteiger charge is -2.23. The third kappa shape index (κ3) is 8.21. The van der Waals surface area contributed by atoms with Gasteiger partial charge < -0.3 is 20.4 Å². The van der Waals surface area contributed by atoms with Gasteiger partial charge >= 0.3 is 12.0 Å². The summed E-state index contributed by atoms with van der Waals surface area (Å²) in [6.45, 7) is 0.675. The summed E-state index contributed by atoms with van der Waals surface area (Å²) in [5.41, 5.74) is 1.06. The molecule has 6 heteroatoms. The van der Waals surface area contributed by atoms with E-state index < -0.39 is 5.97 Å². The van der Waals surface area contributed by atoms with Gasteiger partial charge in [-0.1, -0.05) is 30.3 Å². The van der Waals surface area contributed by atoms with E-state index in [9.17, 15) is 9.59 Å². The molecule has 0 spiro atoms. The molecule has 1 atom stereocenters. The SMILES string of the molecule is CN(CCCCO)C(=O)NC(CCC(=O)O)Cc1ccccc1. The number of aliphatic hydroxyl groups is 1. The predicted molar refractivity (Wildman–Crippen MR) is 88.3 cm³/mol. The number of rotatable bonds is 10. The van der Waals surface area contributed by atoms with Crippen LogP contribution in [0.4, 0.5) is 4.79 Å². The Morgan fingerprint density at radius 1 is 1.22 bits per heavy atom. The molecule has 1 aromatic rings. The van der Waals surface area contributed by atoms with E-state index in [1.807, 2.05) is 30.3 Å². The van der Waals surface area contributed by atoms with Crippen molar-refractivity contribution in [3.05, 3.63) is 35.9 Å². The van der Waals surface area contributed by atoms with Crippen molar-refractivity contribution in [3.8, 4) is 0 Å². The average Bonchev–Trinajstić information content (AvgIpc) is 2.53. The van der Waals surface area contributed by atoms with Gasteiger partial charge in [-0.3, -0.25) is 4.79 Å². The maximum absolute atomic E-state index is 12.2. The first-order valence-corrected chi connectivity index (χ1v) is 7.91. The number of aliphatic carboxylic acids is 1. The van der Waals surface area contributed by atoms with Gasteiger partial charge in [-0.2, -0.15) is 0 Å². The fourth-order valence-electron chi connectivity index (χ4n) is 2.27. The monoisotopic (exact) mass is 322 g/mol. The maximum atomic E-state index is 12.2. The molecule has 0 aromatic heterocycles. The Hall–Kier alpha value is -2.08. The van der Waals surface area contributed by atoms with Gasteiger partial charge in [0.2, 0.25) is 0 Å². The molecule has 1 aromatic carbocycles. The lowest BCUT2D eigenvalue weighted by Crippen LogP contribution is -2.44. The standard InChI is InChI=1S/C17H26N2O4/c1-19(11-5-6-12-20)17(23)18-15(9-10-16(21)22)13-14-7-3-2-4-8-14/h2-4,7-8,15,20H,5-6,9-13H2,1H3,(H,18,23)(H,21,22). The number of hydrogen-bond acceptors (Lipinski definition) is 3. The van der Waals surface area contributed by atoms with E-state index in [0.29, 0.717) is 25.8 Å². The molecule has 0 aliphatic heterocycles. The van der Waals surface area contributed by atoms with Crippen molar-refractivity contribution >= 4 is 12.0 Å². The molecule has 0 aliphatic rings. The zero-order chi connectivity index (χ0) is 17.1. The Balaban J connectivity index is 2.57. The van der Waals surface area contributed by atoms with Crippen molar-refractivity contribution in [2.45, 2.75) is 38.1 Å². The van der Waals surface area contributed by atoms with Crippen LogP contribution < -0.4 is 5.32 Å². The van der Waals surface area contributed by atoms with Crippen molar-refractivity contribution < 1.29 is 19.8 Å². The molecule has 0 aliphatic carbocycles. The summed E-state index contributed by atoms with van der Waals surface area (Å²) in [6, 6.07) is 9.26. The van der Waals surface area contributed by atoms with Gasteiger partial charge in [0.05, 0.1) is 0 Å². The van der Waals surface area contributed by atoms with Crippen LogP contribution in [0.15, 0.2) is 30.3 Å². The van der Waals surface area contributed by atoms with Crippen molar-refractivity contribution in [1.82, 2.24) is 10.2 Å². The first-order valence-electron chi connectivity index (χ1n) is 7.91. The van der Waals surface area contributed by atoms with Crippen molar-refractivity contribution in [1.29, 1.82) is 0 Å². The van der Waals surface area contributed by atoms with Gasteiger partial charge in [-0.15, -0.1) is 0 Å². The van der Waals surface area contributed by atoms with Gasteiger partial charge in [0.25, 0.3) is 0 Å². The molecule has 23 heavy (non-hydrogen) atoms. The van der Waals surface area contributed by atoms with E-state index >= 15 is 0 Å². The second-order valence-corrected chi connectivity index (χ2v) is 5.62. The fraction of sp³-hybridized carbons (Fsp3) is 0.529. The van der Waals surface area contributed by atoms with E-state index in [0.717, 1.165) is 12.0 Å². The second kappa shape index (κ2) is 10.6. The summed E-state index contributed by atoms with van der Waals surface area (Å²) in [5, 5.41) is 20.6. The number of aliphatic hydroxyl groups excluding tert-OH is 1. The van der Waals surface area contributed by atoms with Crippen LogP contribution in [0.5, 0.6) is 0 Å². The number of nitrogens with one attached hydrogen (secondary N) is 1. The first kappa shape index (κ1) is 19.0. The molecule has 0 bridgehead atoms. The second-order valence-electron chi connectivity index (χ2n) is 5.62. The molecule has 0 heterocycles. The summed E-state index contributed by atoms with van der Waals surface area (Å²) in [4.78, 5) is 24.6. The van der Waals surface area contributed by atoms with E-state index in [1.54, 1.807) is 11.9 Å². The largest absolute Gasteiger partial charge is 0.481 e. The smallest absolute Gasteiger partial charge is 0.317 e. The highest BCUT2D eigenvalue weighted by atomic mass is 16.4. The van der Waals surface area contributed by atoms with Crippen LogP contribution >= 0.6 is 0 Å². The molecule has 0 fully saturated rings. The summed E-state index contributed by atoms with van der Waals surface area (Å²) >= 11 is 0. The molecule has 128 valence electrons. The summed E-state index contributed by atoms with van der Waals surface area (Å²) in [6.07, 6.45) is 2.40. The van der Waals surface area contributed by atoms with Crippen LogP contribution in [-0.4, -0.2) is 53.4 Å². The van der Waals surface area contributed by atoms with Crippen LogP contribution in [0.25, 0.3) is 0 Å². The summed E-state index contributed by atoms with van der Waals surface area (Å²) in [5.74, 6) is -0.867. The minimum atomic E-state index is -0.867. The number of urea groups is 1. The van der Waals surface area contributed by atoms with Gasteiger partial charge in [-0.05, 0) is 31.2 Å². The Bertz CT molecular complexity index is 479. The van der Waals surface area contributed by atoms with Gasteiger partial charge in [0, 0.05) is 32.7 Å². The van der Waals surface area contributed by atoms with Gasteiger partial charge in [0.15, 0.2) is 0 Å². The van der Waals surface area contributed by atoms with Crippen LogP contribution in [-0.2, 0) is 11.2 Å². The number of carbonyl (C=O) groups is 2. The maximum Gasteiger partial charge on any atom is 0.317 e. The Kier molecular flexibility index (Phi) is 8.75. The molecule has 3 N–H and O–H groups in total. The molecule has 0 radical (unpaired) electrons. The number of amides is 2. The molecule has 2 amide bonds. The van der Waals surface area contributed by atoms with Gasteiger partial charge in [0.1, 0.15) is 0 Å². The third-order valence-corrected chi connectivity index (χ3v) is 3.61. The summed E-state index contributed by atoms with van der Waals surface area (Å²) < 4.78 is 0. The number of unbranched alkanes of at least 4 members (excludes halogenated alkanes) is 1. The zero-order valence-electron chi connectivity index (χ0n) is 13.6. The normalized spacial score (nSPS) is 11.7. The quantitative estimate of drug-likeness (QED) is 0.574. The molecule has 0 saturated carbocycles. The molecule has 1 rings (SSSR count). The summed E-state index contributed by atoms with van der Waals surface area (Å²) in [7, 11) is 1.70. The van der Waals surface area contributed by atoms with Gasteiger partial charge in [-0.25, -0.2) is 4.79 Å². The molecular formula is C17H26N2O4. The van der Waals surface area contributed by atoms with Crippen LogP contribution in [0.3, 0.4) is 0 Å². The number of carbonyl (C=O) groups excluding carboxylic acids is 1. The van der Waals surface area contributed by atoms with Crippen molar-refractivity contribution in [2.24, 2.45) is 0 Å². The van der Waals surface area contributed by atoms with Crippen LogP contribution in [0.2, 0.25) is 0 Å². The number of nitrogens with zero attached hydrogens (tertiary/aromatic N) is 1. The van der Waals surface area contributed by atoms with E-state index in [4.69, 9.17) is 10.2 Å². The first-order chi connectivity index (χ1) is 11.0. The Morgan fingerprint density at radius 3 is 2.52 bits per heavy atom. The highest BCUT2D eigenvalue weighted by molar-refractivity contribution is 5.74. The Morgan fingerprint density at radius 2 is 1.91 bits per heavy atom. The van der Waals surface area contributed by atoms with Crippen molar-refractivity contribution in [3.63, 3.8) is 0 Å². The van der Waals surface area contributed by atoms with E-state index in [1.165, 1.54) is 0 Å². The molecule has 6 nitrogen and oxygen atoms in total. The number of carboxylic acids is 1. The zero-order valence-corrected chi connectivity index (χ0v) is 13.6. The third-order valence-electron chi connectivity index (χ3n) is 3.61. The van der Waals surface area contributed by atoms with Crippen LogP contribution in [0, 0.1) is 0 Å².